The first-order chi connectivity index (χ1) is 12.3. The van der Waals surface area contributed by atoms with Crippen molar-refractivity contribution in [3.05, 3.63) is 18.3 Å². The molecule has 8 heteroatoms. The lowest BCUT2D eigenvalue weighted by Crippen LogP contribution is -2.49. The van der Waals surface area contributed by atoms with Gasteiger partial charge in [-0.25, -0.2) is 9.78 Å². The molecule has 1 N–H and O–H groups in total. The number of imide groups is 1. The standard InChI is InChI=1S/C18H25N5O3/c1-21(2)14-8-7-13(11-19-14)20-15(24)12-23-16(25)18(22(3)17(23)26)9-5-4-6-10-18/h7-8,11H,4-6,9-10,12H2,1-3H3,(H,20,24). The maximum atomic E-state index is 12.9. The molecule has 2 fully saturated rings. The molecule has 2 heterocycles. The Hall–Kier alpha value is -2.64. The van der Waals surface area contributed by atoms with Crippen LogP contribution in [0.3, 0.4) is 0 Å². The van der Waals surface area contributed by atoms with Crippen molar-refractivity contribution in [1.82, 2.24) is 14.8 Å². The van der Waals surface area contributed by atoms with E-state index >= 15 is 0 Å². The summed E-state index contributed by atoms with van der Waals surface area (Å²) in [5.41, 5.74) is -0.231. The second kappa shape index (κ2) is 6.93. The van der Waals surface area contributed by atoms with E-state index in [9.17, 15) is 14.4 Å². The highest BCUT2D eigenvalue weighted by Crippen LogP contribution is 2.39. The number of carbonyl (C=O) groups is 3. The third-order valence-corrected chi connectivity index (χ3v) is 5.28. The van der Waals surface area contributed by atoms with E-state index in [1.54, 1.807) is 25.4 Å². The molecule has 1 aromatic rings. The largest absolute Gasteiger partial charge is 0.363 e. The summed E-state index contributed by atoms with van der Waals surface area (Å²) in [7, 11) is 5.42. The number of carbonyl (C=O) groups excluding carboxylic acids is 3. The van der Waals surface area contributed by atoms with Gasteiger partial charge in [0, 0.05) is 21.1 Å². The molecule has 4 amide bonds. The molecule has 0 unspecified atom stereocenters. The predicted molar refractivity (Wildman–Crippen MR) is 97.9 cm³/mol. The normalized spacial score (nSPS) is 19.2. The summed E-state index contributed by atoms with van der Waals surface area (Å²) in [5.74, 6) is 0.113. The molecule has 1 saturated heterocycles. The number of urea groups is 1. The topological polar surface area (TPSA) is 85.9 Å². The zero-order valence-electron chi connectivity index (χ0n) is 15.5. The summed E-state index contributed by atoms with van der Waals surface area (Å²) in [6, 6.07) is 3.13. The van der Waals surface area contributed by atoms with E-state index in [0.29, 0.717) is 18.5 Å². The molecular weight excluding hydrogens is 334 g/mol. The molecule has 140 valence electrons. The number of anilines is 2. The maximum absolute atomic E-state index is 12.9. The van der Waals surface area contributed by atoms with Crippen molar-refractivity contribution < 1.29 is 14.4 Å². The van der Waals surface area contributed by atoms with E-state index in [4.69, 9.17) is 0 Å². The van der Waals surface area contributed by atoms with Gasteiger partial charge in [0.1, 0.15) is 17.9 Å². The molecule has 3 rings (SSSR count). The van der Waals surface area contributed by atoms with Crippen molar-refractivity contribution in [3.8, 4) is 0 Å². The lowest BCUT2D eigenvalue weighted by molar-refractivity contribution is -0.136. The van der Waals surface area contributed by atoms with Gasteiger partial charge in [0.2, 0.25) is 5.91 Å². The number of pyridine rings is 1. The van der Waals surface area contributed by atoms with Crippen molar-refractivity contribution in [2.45, 2.75) is 37.6 Å². The fourth-order valence-electron chi connectivity index (χ4n) is 3.74. The summed E-state index contributed by atoms with van der Waals surface area (Å²) in [6.45, 7) is -0.279. The van der Waals surface area contributed by atoms with Crippen LogP contribution in [0, 0.1) is 0 Å². The molecular formula is C18H25N5O3. The monoisotopic (exact) mass is 359 g/mol. The Kier molecular flexibility index (Phi) is 4.84. The van der Waals surface area contributed by atoms with Crippen LogP contribution in [0.15, 0.2) is 18.3 Å². The van der Waals surface area contributed by atoms with Gasteiger partial charge in [0.05, 0.1) is 11.9 Å². The number of nitrogens with one attached hydrogen (secondary N) is 1. The van der Waals surface area contributed by atoms with E-state index in [-0.39, 0.29) is 12.5 Å². The van der Waals surface area contributed by atoms with Gasteiger partial charge in [0.25, 0.3) is 5.91 Å². The summed E-state index contributed by atoms with van der Waals surface area (Å²) in [6.07, 6.45) is 5.81. The van der Waals surface area contributed by atoms with Crippen molar-refractivity contribution in [3.63, 3.8) is 0 Å². The lowest BCUT2D eigenvalue weighted by Gasteiger charge is -2.35. The fraction of sp³-hybridized carbons (Fsp3) is 0.556. The molecule has 1 saturated carbocycles. The molecule has 1 aromatic heterocycles. The van der Waals surface area contributed by atoms with Crippen LogP contribution in [0.1, 0.15) is 32.1 Å². The first-order valence-corrected chi connectivity index (χ1v) is 8.88. The molecule has 0 radical (unpaired) electrons. The third-order valence-electron chi connectivity index (χ3n) is 5.28. The smallest absolute Gasteiger partial charge is 0.327 e. The number of hydrogen-bond acceptors (Lipinski definition) is 5. The quantitative estimate of drug-likeness (QED) is 0.827. The Morgan fingerprint density at radius 3 is 2.50 bits per heavy atom. The van der Waals surface area contributed by atoms with Gasteiger partial charge in [-0.2, -0.15) is 0 Å². The molecule has 1 aliphatic heterocycles. The zero-order valence-corrected chi connectivity index (χ0v) is 15.5. The lowest BCUT2D eigenvalue weighted by atomic mass is 9.81. The van der Waals surface area contributed by atoms with Gasteiger partial charge < -0.3 is 15.1 Å². The highest BCUT2D eigenvalue weighted by Gasteiger charge is 2.55. The van der Waals surface area contributed by atoms with Crippen LogP contribution < -0.4 is 10.2 Å². The minimum Gasteiger partial charge on any atom is -0.363 e. The Balaban J connectivity index is 1.67. The van der Waals surface area contributed by atoms with Crippen molar-refractivity contribution >= 4 is 29.4 Å². The van der Waals surface area contributed by atoms with Gasteiger partial charge in [-0.15, -0.1) is 0 Å². The van der Waals surface area contributed by atoms with E-state index in [2.05, 4.69) is 10.3 Å². The van der Waals surface area contributed by atoms with Gasteiger partial charge in [-0.1, -0.05) is 19.3 Å². The average Bonchev–Trinajstić information content (AvgIpc) is 2.79. The van der Waals surface area contributed by atoms with Crippen LogP contribution in [0.25, 0.3) is 0 Å². The number of rotatable bonds is 4. The number of nitrogens with zero attached hydrogens (tertiary/aromatic N) is 4. The summed E-state index contributed by atoms with van der Waals surface area (Å²) >= 11 is 0. The third kappa shape index (κ3) is 3.11. The fourth-order valence-corrected chi connectivity index (χ4v) is 3.74. The van der Waals surface area contributed by atoms with Gasteiger partial charge >= 0.3 is 6.03 Å². The number of amides is 4. The van der Waals surface area contributed by atoms with Crippen LogP contribution in [-0.2, 0) is 9.59 Å². The van der Waals surface area contributed by atoms with Gasteiger partial charge in [0.15, 0.2) is 0 Å². The number of aromatic nitrogens is 1. The molecule has 1 spiro atoms. The maximum Gasteiger partial charge on any atom is 0.327 e. The Labute approximate surface area is 153 Å². The van der Waals surface area contributed by atoms with Crippen LogP contribution in [0.4, 0.5) is 16.3 Å². The Morgan fingerprint density at radius 2 is 1.92 bits per heavy atom. The molecule has 0 aromatic carbocycles. The first kappa shape index (κ1) is 18.2. The second-order valence-electron chi connectivity index (χ2n) is 7.17. The number of hydrogen-bond donors (Lipinski definition) is 1. The molecule has 26 heavy (non-hydrogen) atoms. The highest BCUT2D eigenvalue weighted by molar-refractivity contribution is 6.10. The Bertz CT molecular complexity index is 710. The van der Waals surface area contributed by atoms with Crippen LogP contribution in [0.5, 0.6) is 0 Å². The predicted octanol–water partition coefficient (Wildman–Crippen LogP) is 1.68. The molecule has 0 bridgehead atoms. The minimum atomic E-state index is -0.759. The van der Waals surface area contributed by atoms with Crippen molar-refractivity contribution in [1.29, 1.82) is 0 Å². The average molecular weight is 359 g/mol. The molecule has 1 aliphatic carbocycles. The summed E-state index contributed by atoms with van der Waals surface area (Å²) < 4.78 is 0. The first-order valence-electron chi connectivity index (χ1n) is 8.88. The van der Waals surface area contributed by atoms with Crippen molar-refractivity contribution in [2.75, 3.05) is 37.9 Å². The Morgan fingerprint density at radius 1 is 1.23 bits per heavy atom. The molecule has 8 nitrogen and oxygen atoms in total. The van der Waals surface area contributed by atoms with Gasteiger partial charge in [-0.05, 0) is 25.0 Å². The highest BCUT2D eigenvalue weighted by atomic mass is 16.2. The van der Waals surface area contributed by atoms with E-state index in [1.165, 1.54) is 4.90 Å². The molecule has 0 atom stereocenters. The zero-order chi connectivity index (χ0) is 18.9. The van der Waals surface area contributed by atoms with Crippen LogP contribution in [0.2, 0.25) is 0 Å². The van der Waals surface area contributed by atoms with E-state index in [1.807, 2.05) is 19.0 Å². The van der Waals surface area contributed by atoms with E-state index < -0.39 is 17.5 Å². The second-order valence-corrected chi connectivity index (χ2v) is 7.17. The number of likely N-dealkylation sites (N-methyl/N-ethyl adjacent to an activating group) is 1. The minimum absolute atomic E-state index is 0.249. The SMILES string of the molecule is CN(C)c1ccc(NC(=O)CN2C(=O)N(C)C3(CCCCC3)C2=O)cn1. The molecule has 2 aliphatic rings. The van der Waals surface area contributed by atoms with Crippen LogP contribution >= 0.6 is 0 Å². The van der Waals surface area contributed by atoms with Crippen LogP contribution in [-0.4, -0.2) is 65.9 Å². The van der Waals surface area contributed by atoms with Crippen molar-refractivity contribution in [2.24, 2.45) is 0 Å². The summed E-state index contributed by atoms with van der Waals surface area (Å²) in [4.78, 5) is 46.4. The van der Waals surface area contributed by atoms with E-state index in [0.717, 1.165) is 30.0 Å². The van der Waals surface area contributed by atoms with Gasteiger partial charge in [-0.3, -0.25) is 14.5 Å². The summed E-state index contributed by atoms with van der Waals surface area (Å²) in [5, 5.41) is 2.70.